The molecule has 0 aliphatic rings. The van der Waals surface area contributed by atoms with Crippen LogP contribution < -0.4 is 5.32 Å². The van der Waals surface area contributed by atoms with Crippen LogP contribution in [-0.2, 0) is 20.7 Å². The zero-order chi connectivity index (χ0) is 18.1. The summed E-state index contributed by atoms with van der Waals surface area (Å²) in [4.78, 5) is 23.0. The summed E-state index contributed by atoms with van der Waals surface area (Å²) in [6, 6.07) is 14.4. The molecule has 0 aromatic heterocycles. The van der Waals surface area contributed by atoms with Crippen LogP contribution in [0.15, 0.2) is 54.6 Å². The molecule has 25 heavy (non-hydrogen) atoms. The monoisotopic (exact) mass is 345 g/mol. The quantitative estimate of drug-likeness (QED) is 0.685. The molecule has 2 rings (SSSR count). The van der Waals surface area contributed by atoms with Crippen molar-refractivity contribution in [3.05, 3.63) is 71.5 Å². The minimum absolute atomic E-state index is 0.163. The van der Waals surface area contributed by atoms with Crippen LogP contribution in [0.5, 0.6) is 0 Å². The standard InChI is InChI=1S/C19H20FNO4/c20-16-8-6-15(7-9-16)17(12-19(23)24)21-18(22)13-25-11-10-14-4-2-1-3-5-14/h1-9,17H,10-13H2,(H,21,22)(H,23,24). The predicted octanol–water partition coefficient (Wildman–Crippen LogP) is 2.72. The van der Waals surface area contributed by atoms with E-state index in [1.165, 1.54) is 24.3 Å². The average Bonchev–Trinajstić information content (AvgIpc) is 2.59. The van der Waals surface area contributed by atoms with E-state index in [-0.39, 0.29) is 13.0 Å². The van der Waals surface area contributed by atoms with Gasteiger partial charge in [0.15, 0.2) is 0 Å². The Morgan fingerprint density at radius 3 is 2.40 bits per heavy atom. The summed E-state index contributed by atoms with van der Waals surface area (Å²) in [5.74, 6) is -1.89. The van der Waals surface area contributed by atoms with Crippen molar-refractivity contribution in [3.8, 4) is 0 Å². The Balaban J connectivity index is 1.82. The number of carbonyl (C=O) groups is 2. The van der Waals surface area contributed by atoms with Crippen molar-refractivity contribution in [2.24, 2.45) is 0 Å². The largest absolute Gasteiger partial charge is 0.481 e. The predicted molar refractivity (Wildman–Crippen MR) is 90.5 cm³/mol. The van der Waals surface area contributed by atoms with Gasteiger partial charge in [-0.2, -0.15) is 0 Å². The Hall–Kier alpha value is -2.73. The molecule has 1 unspecified atom stereocenters. The Morgan fingerprint density at radius 1 is 1.08 bits per heavy atom. The van der Waals surface area contributed by atoms with Crippen molar-refractivity contribution in [1.29, 1.82) is 0 Å². The smallest absolute Gasteiger partial charge is 0.305 e. The molecule has 2 aromatic carbocycles. The van der Waals surface area contributed by atoms with Crippen LogP contribution in [0.25, 0.3) is 0 Å². The zero-order valence-electron chi connectivity index (χ0n) is 13.7. The van der Waals surface area contributed by atoms with Gasteiger partial charge >= 0.3 is 5.97 Å². The molecule has 2 N–H and O–H groups in total. The van der Waals surface area contributed by atoms with Gasteiger partial charge in [0.25, 0.3) is 0 Å². The van der Waals surface area contributed by atoms with Crippen molar-refractivity contribution in [1.82, 2.24) is 5.32 Å². The van der Waals surface area contributed by atoms with Crippen LogP contribution in [0.4, 0.5) is 4.39 Å². The van der Waals surface area contributed by atoms with Crippen molar-refractivity contribution in [3.63, 3.8) is 0 Å². The van der Waals surface area contributed by atoms with Gasteiger partial charge in [0.2, 0.25) is 5.91 Å². The summed E-state index contributed by atoms with van der Waals surface area (Å²) in [5.41, 5.74) is 1.64. The minimum Gasteiger partial charge on any atom is -0.481 e. The lowest BCUT2D eigenvalue weighted by Crippen LogP contribution is -2.33. The van der Waals surface area contributed by atoms with E-state index in [0.29, 0.717) is 18.6 Å². The van der Waals surface area contributed by atoms with Crippen LogP contribution in [0.1, 0.15) is 23.6 Å². The van der Waals surface area contributed by atoms with Crippen LogP contribution in [0, 0.1) is 5.82 Å². The number of rotatable bonds is 9. The van der Waals surface area contributed by atoms with Crippen LogP contribution >= 0.6 is 0 Å². The van der Waals surface area contributed by atoms with E-state index in [1.807, 2.05) is 30.3 Å². The fourth-order valence-corrected chi connectivity index (χ4v) is 2.36. The highest BCUT2D eigenvalue weighted by Crippen LogP contribution is 2.17. The van der Waals surface area contributed by atoms with E-state index in [4.69, 9.17) is 9.84 Å². The summed E-state index contributed by atoms with van der Waals surface area (Å²) in [5, 5.41) is 11.6. The van der Waals surface area contributed by atoms with Gasteiger partial charge in [0, 0.05) is 0 Å². The molecule has 132 valence electrons. The number of benzene rings is 2. The van der Waals surface area contributed by atoms with E-state index < -0.39 is 23.7 Å². The Kier molecular flexibility index (Phi) is 7.10. The lowest BCUT2D eigenvalue weighted by molar-refractivity contribution is -0.138. The number of hydrogen-bond acceptors (Lipinski definition) is 3. The first-order valence-electron chi connectivity index (χ1n) is 7.93. The van der Waals surface area contributed by atoms with Gasteiger partial charge in [-0.25, -0.2) is 4.39 Å². The Bertz CT molecular complexity index is 688. The minimum atomic E-state index is -1.06. The van der Waals surface area contributed by atoms with E-state index in [2.05, 4.69) is 5.32 Å². The summed E-state index contributed by atoms with van der Waals surface area (Å²) in [6.45, 7) is 0.224. The molecule has 0 spiro atoms. The van der Waals surface area contributed by atoms with Crippen molar-refractivity contribution in [2.45, 2.75) is 18.9 Å². The second-order valence-electron chi connectivity index (χ2n) is 5.56. The number of carboxylic acids is 1. The normalized spacial score (nSPS) is 11.7. The molecular formula is C19H20FNO4. The number of amides is 1. The molecule has 0 radical (unpaired) electrons. The van der Waals surface area contributed by atoms with Gasteiger partial charge in [0.1, 0.15) is 12.4 Å². The van der Waals surface area contributed by atoms with Gasteiger partial charge in [-0.15, -0.1) is 0 Å². The lowest BCUT2D eigenvalue weighted by Gasteiger charge is -2.17. The summed E-state index contributed by atoms with van der Waals surface area (Å²) >= 11 is 0. The highest BCUT2D eigenvalue weighted by atomic mass is 19.1. The third kappa shape index (κ3) is 6.73. The first-order valence-corrected chi connectivity index (χ1v) is 7.93. The van der Waals surface area contributed by atoms with Gasteiger partial charge in [-0.3, -0.25) is 9.59 Å². The highest BCUT2D eigenvalue weighted by Gasteiger charge is 2.18. The third-order valence-electron chi connectivity index (χ3n) is 3.60. The first kappa shape index (κ1) is 18.6. The van der Waals surface area contributed by atoms with E-state index >= 15 is 0 Å². The molecule has 0 bridgehead atoms. The van der Waals surface area contributed by atoms with E-state index in [0.717, 1.165) is 5.56 Å². The van der Waals surface area contributed by atoms with Crippen molar-refractivity contribution >= 4 is 11.9 Å². The molecular weight excluding hydrogens is 325 g/mol. The molecule has 6 heteroatoms. The molecule has 0 fully saturated rings. The maximum atomic E-state index is 13.0. The average molecular weight is 345 g/mol. The fraction of sp³-hybridized carbons (Fsp3) is 0.263. The number of hydrogen-bond donors (Lipinski definition) is 2. The summed E-state index contributed by atoms with van der Waals surface area (Å²) in [6.07, 6.45) is 0.395. The molecule has 0 aliphatic carbocycles. The maximum absolute atomic E-state index is 13.0. The molecule has 5 nitrogen and oxygen atoms in total. The topological polar surface area (TPSA) is 75.6 Å². The van der Waals surface area contributed by atoms with Gasteiger partial charge < -0.3 is 15.2 Å². The Morgan fingerprint density at radius 2 is 1.76 bits per heavy atom. The second kappa shape index (κ2) is 9.54. The number of halogens is 1. The molecule has 0 saturated carbocycles. The second-order valence-corrected chi connectivity index (χ2v) is 5.56. The van der Waals surface area contributed by atoms with E-state index in [1.54, 1.807) is 0 Å². The SMILES string of the molecule is O=C(O)CC(NC(=O)COCCc1ccccc1)c1ccc(F)cc1. The van der Waals surface area contributed by atoms with E-state index in [9.17, 15) is 14.0 Å². The number of aliphatic carboxylic acids is 1. The maximum Gasteiger partial charge on any atom is 0.305 e. The molecule has 0 saturated heterocycles. The van der Waals surface area contributed by atoms with Gasteiger partial charge in [-0.05, 0) is 29.7 Å². The number of carboxylic acid groups (broad SMARTS) is 1. The van der Waals surface area contributed by atoms with Crippen LogP contribution in [-0.4, -0.2) is 30.2 Å². The van der Waals surface area contributed by atoms with Crippen molar-refractivity contribution in [2.75, 3.05) is 13.2 Å². The van der Waals surface area contributed by atoms with Gasteiger partial charge in [0.05, 0.1) is 19.1 Å². The summed E-state index contributed by atoms with van der Waals surface area (Å²) in [7, 11) is 0. The fourth-order valence-electron chi connectivity index (χ4n) is 2.36. The third-order valence-corrected chi connectivity index (χ3v) is 3.60. The highest BCUT2D eigenvalue weighted by molar-refractivity contribution is 5.78. The number of nitrogens with one attached hydrogen (secondary N) is 1. The number of carbonyl (C=O) groups excluding carboxylic acids is 1. The molecule has 1 atom stereocenters. The molecule has 0 heterocycles. The lowest BCUT2D eigenvalue weighted by atomic mass is 10.0. The first-order chi connectivity index (χ1) is 12.0. The van der Waals surface area contributed by atoms with Gasteiger partial charge in [-0.1, -0.05) is 42.5 Å². The molecule has 2 aromatic rings. The van der Waals surface area contributed by atoms with Crippen LogP contribution in [0.2, 0.25) is 0 Å². The molecule has 0 aliphatic heterocycles. The molecule has 1 amide bonds. The zero-order valence-corrected chi connectivity index (χ0v) is 13.7. The van der Waals surface area contributed by atoms with Crippen molar-refractivity contribution < 1.29 is 23.8 Å². The number of ether oxygens (including phenoxy) is 1. The Labute approximate surface area is 145 Å². The summed E-state index contributed by atoms with van der Waals surface area (Å²) < 4.78 is 18.3. The van der Waals surface area contributed by atoms with Crippen LogP contribution in [0.3, 0.4) is 0 Å².